The van der Waals surface area contributed by atoms with E-state index < -0.39 is 0 Å². The van der Waals surface area contributed by atoms with Gasteiger partial charge < -0.3 is 15.4 Å². The summed E-state index contributed by atoms with van der Waals surface area (Å²) in [5.41, 5.74) is 6.05. The summed E-state index contributed by atoms with van der Waals surface area (Å²) >= 11 is 0. The van der Waals surface area contributed by atoms with E-state index >= 15 is 0 Å². The van der Waals surface area contributed by atoms with Gasteiger partial charge in [-0.05, 0) is 52.0 Å². The number of rotatable bonds is 5. The normalized spacial score (nSPS) is 31.3. The molecule has 3 heteroatoms. The van der Waals surface area contributed by atoms with Crippen LogP contribution in [0.4, 0.5) is 0 Å². The number of methoxy groups -OCH3 is 1. The Hall–Kier alpha value is -0.120. The van der Waals surface area contributed by atoms with Gasteiger partial charge in [0.15, 0.2) is 0 Å². The number of hydrogen-bond acceptors (Lipinski definition) is 3. The number of fused-ring (bicyclic) bond motifs is 1. The highest BCUT2D eigenvalue weighted by molar-refractivity contribution is 4.91. The molecule has 3 nitrogen and oxygen atoms in total. The first-order chi connectivity index (χ1) is 8.54. The van der Waals surface area contributed by atoms with Crippen LogP contribution in [0.25, 0.3) is 0 Å². The summed E-state index contributed by atoms with van der Waals surface area (Å²) in [5.74, 6) is 0.977. The van der Waals surface area contributed by atoms with E-state index in [1.165, 1.54) is 38.6 Å². The molecule has 2 N–H and O–H groups in total. The van der Waals surface area contributed by atoms with Gasteiger partial charge in [-0.25, -0.2) is 0 Å². The lowest BCUT2D eigenvalue weighted by Gasteiger charge is -2.35. The molecule has 0 amide bonds. The molecule has 0 aromatic carbocycles. The first-order valence-electron chi connectivity index (χ1n) is 7.59. The van der Waals surface area contributed by atoms with Gasteiger partial charge in [-0.1, -0.05) is 12.8 Å². The van der Waals surface area contributed by atoms with Crippen molar-refractivity contribution in [1.29, 1.82) is 0 Å². The fourth-order valence-corrected chi connectivity index (χ4v) is 3.58. The zero-order chi connectivity index (χ0) is 13.2. The van der Waals surface area contributed by atoms with Crippen LogP contribution in [0, 0.1) is 5.92 Å². The van der Waals surface area contributed by atoms with E-state index in [4.69, 9.17) is 10.5 Å². The van der Waals surface area contributed by atoms with Crippen molar-refractivity contribution in [1.82, 2.24) is 4.90 Å². The molecule has 1 aliphatic carbocycles. The fourth-order valence-electron chi connectivity index (χ4n) is 3.58. The third-order valence-electron chi connectivity index (χ3n) is 5.27. The molecular weight excluding hydrogens is 224 g/mol. The van der Waals surface area contributed by atoms with Crippen molar-refractivity contribution in [2.75, 3.05) is 20.2 Å². The molecule has 3 atom stereocenters. The van der Waals surface area contributed by atoms with E-state index in [0.717, 1.165) is 24.9 Å². The summed E-state index contributed by atoms with van der Waals surface area (Å²) in [4.78, 5) is 2.69. The minimum Gasteiger partial charge on any atom is -0.377 e. The van der Waals surface area contributed by atoms with E-state index in [-0.39, 0.29) is 11.6 Å². The predicted molar refractivity (Wildman–Crippen MR) is 75.6 cm³/mol. The summed E-state index contributed by atoms with van der Waals surface area (Å²) in [6.07, 6.45) is 8.19. The maximum Gasteiger partial charge on any atom is 0.0773 e. The predicted octanol–water partition coefficient (Wildman–Crippen LogP) is 2.39. The standard InChI is InChI=1S/C15H30N2O/c1-15(2,18-3)14(16)9-11-17-10-8-12-6-4-5-7-13(12)17/h12-14H,4-11,16H2,1-3H3. The zero-order valence-electron chi connectivity index (χ0n) is 12.3. The monoisotopic (exact) mass is 254 g/mol. The van der Waals surface area contributed by atoms with Gasteiger partial charge in [0.25, 0.3) is 0 Å². The Labute approximate surface area is 112 Å². The molecular formula is C15H30N2O. The lowest BCUT2D eigenvalue weighted by molar-refractivity contribution is -0.00447. The Balaban J connectivity index is 1.80. The van der Waals surface area contributed by atoms with Crippen LogP contribution >= 0.6 is 0 Å². The molecule has 0 spiro atoms. The van der Waals surface area contributed by atoms with Crippen molar-refractivity contribution in [3.8, 4) is 0 Å². The molecule has 1 saturated carbocycles. The van der Waals surface area contributed by atoms with Crippen molar-refractivity contribution in [3.63, 3.8) is 0 Å². The largest absolute Gasteiger partial charge is 0.377 e. The van der Waals surface area contributed by atoms with E-state index in [1.54, 1.807) is 7.11 Å². The molecule has 0 bridgehead atoms. The molecule has 2 aliphatic rings. The third kappa shape index (κ3) is 3.06. The van der Waals surface area contributed by atoms with Crippen LogP contribution in [0.1, 0.15) is 52.4 Å². The third-order valence-corrected chi connectivity index (χ3v) is 5.27. The van der Waals surface area contributed by atoms with Gasteiger partial charge in [0.05, 0.1) is 5.60 Å². The molecule has 0 aromatic rings. The van der Waals surface area contributed by atoms with Gasteiger partial charge in [-0.15, -0.1) is 0 Å². The molecule has 0 aromatic heterocycles. The molecule has 2 fully saturated rings. The molecule has 18 heavy (non-hydrogen) atoms. The van der Waals surface area contributed by atoms with Crippen LogP contribution in [0.15, 0.2) is 0 Å². The molecule has 0 radical (unpaired) electrons. The second kappa shape index (κ2) is 5.89. The van der Waals surface area contributed by atoms with Crippen LogP contribution in [-0.4, -0.2) is 42.8 Å². The Morgan fingerprint density at radius 2 is 2.00 bits per heavy atom. The minimum atomic E-state index is -0.203. The first kappa shape index (κ1) is 14.3. The smallest absolute Gasteiger partial charge is 0.0773 e. The lowest BCUT2D eigenvalue weighted by Crippen LogP contribution is -2.47. The average Bonchev–Trinajstić information content (AvgIpc) is 2.79. The molecule has 1 aliphatic heterocycles. The van der Waals surface area contributed by atoms with Crippen LogP contribution in [-0.2, 0) is 4.74 Å². The van der Waals surface area contributed by atoms with Crippen LogP contribution in [0.5, 0.6) is 0 Å². The van der Waals surface area contributed by atoms with Crippen LogP contribution in [0.3, 0.4) is 0 Å². The highest BCUT2D eigenvalue weighted by atomic mass is 16.5. The average molecular weight is 254 g/mol. The van der Waals surface area contributed by atoms with Gasteiger partial charge in [-0.2, -0.15) is 0 Å². The van der Waals surface area contributed by atoms with Gasteiger partial charge in [0.1, 0.15) is 0 Å². The lowest BCUT2D eigenvalue weighted by atomic mass is 9.85. The van der Waals surface area contributed by atoms with Gasteiger partial charge in [-0.3, -0.25) is 0 Å². The molecule has 1 heterocycles. The highest BCUT2D eigenvalue weighted by Crippen LogP contribution is 2.36. The van der Waals surface area contributed by atoms with E-state index in [2.05, 4.69) is 18.7 Å². The van der Waals surface area contributed by atoms with Gasteiger partial charge in [0, 0.05) is 25.7 Å². The zero-order valence-corrected chi connectivity index (χ0v) is 12.3. The molecule has 106 valence electrons. The minimum absolute atomic E-state index is 0.130. The van der Waals surface area contributed by atoms with Crippen molar-refractivity contribution in [3.05, 3.63) is 0 Å². The summed E-state index contributed by atoms with van der Waals surface area (Å²) in [6, 6.07) is 0.988. The maximum atomic E-state index is 6.26. The number of ether oxygens (including phenoxy) is 1. The summed E-state index contributed by atoms with van der Waals surface area (Å²) < 4.78 is 5.48. The Morgan fingerprint density at radius 1 is 1.28 bits per heavy atom. The fraction of sp³-hybridized carbons (Fsp3) is 1.00. The first-order valence-corrected chi connectivity index (χ1v) is 7.59. The topological polar surface area (TPSA) is 38.5 Å². The summed E-state index contributed by atoms with van der Waals surface area (Å²) in [5, 5.41) is 0. The van der Waals surface area contributed by atoms with Crippen molar-refractivity contribution in [2.24, 2.45) is 11.7 Å². The van der Waals surface area contributed by atoms with Gasteiger partial charge in [0.2, 0.25) is 0 Å². The number of nitrogens with two attached hydrogens (primary N) is 1. The number of likely N-dealkylation sites (tertiary alicyclic amines) is 1. The van der Waals surface area contributed by atoms with Crippen LogP contribution < -0.4 is 5.73 Å². The summed E-state index contributed by atoms with van der Waals surface area (Å²) in [6.45, 7) is 6.61. The Bertz CT molecular complexity index is 267. The molecule has 3 unspecified atom stereocenters. The maximum absolute atomic E-state index is 6.26. The van der Waals surface area contributed by atoms with E-state index in [9.17, 15) is 0 Å². The second-order valence-corrected chi connectivity index (χ2v) is 6.64. The summed E-state index contributed by atoms with van der Waals surface area (Å²) in [7, 11) is 1.76. The van der Waals surface area contributed by atoms with E-state index in [0.29, 0.717) is 0 Å². The number of hydrogen-bond donors (Lipinski definition) is 1. The number of nitrogens with zero attached hydrogens (tertiary/aromatic N) is 1. The van der Waals surface area contributed by atoms with Crippen LogP contribution in [0.2, 0.25) is 0 Å². The van der Waals surface area contributed by atoms with E-state index in [1.807, 2.05) is 0 Å². The van der Waals surface area contributed by atoms with Gasteiger partial charge >= 0.3 is 0 Å². The second-order valence-electron chi connectivity index (χ2n) is 6.64. The highest BCUT2D eigenvalue weighted by Gasteiger charge is 2.36. The SMILES string of the molecule is COC(C)(C)C(N)CCN1CCC2CCCCC21. The Kier molecular flexibility index (Phi) is 4.68. The molecule has 1 saturated heterocycles. The van der Waals surface area contributed by atoms with Crippen molar-refractivity contribution in [2.45, 2.75) is 70.1 Å². The molecule has 2 rings (SSSR count). The van der Waals surface area contributed by atoms with Crippen molar-refractivity contribution >= 4 is 0 Å². The quantitative estimate of drug-likeness (QED) is 0.819. The van der Waals surface area contributed by atoms with Crippen molar-refractivity contribution < 1.29 is 4.74 Å². The Morgan fingerprint density at radius 3 is 2.72 bits per heavy atom.